The van der Waals surface area contributed by atoms with E-state index in [1.165, 1.54) is 12.8 Å². The molecule has 0 aliphatic heterocycles. The maximum atomic E-state index is 9.53. The molecule has 1 saturated carbocycles. The second-order valence-electron chi connectivity index (χ2n) is 5.16. The van der Waals surface area contributed by atoms with Gasteiger partial charge in [-0.15, -0.1) is 0 Å². The van der Waals surface area contributed by atoms with Gasteiger partial charge in [-0.25, -0.2) is 9.97 Å². The van der Waals surface area contributed by atoms with Crippen molar-refractivity contribution in [2.75, 3.05) is 18.5 Å². The summed E-state index contributed by atoms with van der Waals surface area (Å²) < 4.78 is 0. The van der Waals surface area contributed by atoms with Crippen LogP contribution >= 0.6 is 0 Å². The molecule has 0 saturated heterocycles. The lowest BCUT2D eigenvalue weighted by molar-refractivity contribution is 0.142. The third-order valence-electron chi connectivity index (χ3n) is 3.61. The second-order valence-corrected chi connectivity index (χ2v) is 5.16. The first-order valence-corrected chi connectivity index (χ1v) is 6.31. The molecule has 0 spiro atoms. The van der Waals surface area contributed by atoms with Gasteiger partial charge in [-0.05, 0) is 26.7 Å². The Hall–Kier alpha value is -1.16. The van der Waals surface area contributed by atoms with Crippen LogP contribution in [-0.4, -0.2) is 28.2 Å². The van der Waals surface area contributed by atoms with Gasteiger partial charge in [-0.1, -0.05) is 12.8 Å². The largest absolute Gasteiger partial charge is 0.396 e. The Bertz CT molecular complexity index is 366. The highest BCUT2D eigenvalue weighted by atomic mass is 16.3. The van der Waals surface area contributed by atoms with E-state index in [0.717, 1.165) is 36.7 Å². The predicted octanol–water partition coefficient (Wildman–Crippen LogP) is 2.06. The molecule has 0 unspecified atom stereocenters. The van der Waals surface area contributed by atoms with Gasteiger partial charge in [0.05, 0.1) is 6.61 Å². The van der Waals surface area contributed by atoms with Crippen LogP contribution in [0.15, 0.2) is 6.07 Å². The Labute approximate surface area is 102 Å². The summed E-state index contributed by atoms with van der Waals surface area (Å²) in [5, 5.41) is 12.9. The van der Waals surface area contributed by atoms with E-state index in [9.17, 15) is 5.11 Å². The molecule has 4 heteroatoms. The second kappa shape index (κ2) is 5.00. The first kappa shape index (κ1) is 12.3. The minimum absolute atomic E-state index is 0.0623. The molecule has 1 aliphatic carbocycles. The van der Waals surface area contributed by atoms with E-state index in [1.54, 1.807) is 0 Å². The molecule has 0 aromatic carbocycles. The summed E-state index contributed by atoms with van der Waals surface area (Å²) in [5.74, 6) is 1.66. The molecule has 1 fully saturated rings. The lowest BCUT2D eigenvalue weighted by Gasteiger charge is -2.26. The normalized spacial score (nSPS) is 18.3. The summed E-state index contributed by atoms with van der Waals surface area (Å²) in [5.41, 5.74) is 1.04. The van der Waals surface area contributed by atoms with E-state index in [4.69, 9.17) is 0 Å². The van der Waals surface area contributed by atoms with Crippen molar-refractivity contribution in [2.24, 2.45) is 5.41 Å². The Morgan fingerprint density at radius 2 is 2.00 bits per heavy atom. The smallest absolute Gasteiger partial charge is 0.129 e. The van der Waals surface area contributed by atoms with Crippen molar-refractivity contribution in [3.8, 4) is 0 Å². The lowest BCUT2D eigenvalue weighted by Crippen LogP contribution is -2.30. The molecule has 1 aliphatic rings. The van der Waals surface area contributed by atoms with Crippen LogP contribution in [0.1, 0.15) is 37.2 Å². The third-order valence-corrected chi connectivity index (χ3v) is 3.61. The van der Waals surface area contributed by atoms with Crippen LogP contribution in [0.25, 0.3) is 0 Å². The van der Waals surface area contributed by atoms with Crippen LogP contribution < -0.4 is 5.32 Å². The number of rotatable bonds is 4. The molecule has 0 atom stereocenters. The molecule has 17 heavy (non-hydrogen) atoms. The number of hydrogen-bond donors (Lipinski definition) is 2. The maximum Gasteiger partial charge on any atom is 0.129 e. The number of aliphatic hydroxyl groups excluding tert-OH is 1. The summed E-state index contributed by atoms with van der Waals surface area (Å²) in [7, 11) is 0. The Kier molecular flexibility index (Phi) is 3.62. The van der Waals surface area contributed by atoms with Gasteiger partial charge in [0, 0.05) is 23.7 Å². The highest BCUT2D eigenvalue weighted by Crippen LogP contribution is 2.37. The van der Waals surface area contributed by atoms with E-state index in [-0.39, 0.29) is 12.0 Å². The van der Waals surface area contributed by atoms with Crippen molar-refractivity contribution < 1.29 is 5.11 Å². The van der Waals surface area contributed by atoms with E-state index in [1.807, 2.05) is 19.9 Å². The number of hydrogen-bond acceptors (Lipinski definition) is 4. The number of aliphatic hydroxyl groups is 1. The van der Waals surface area contributed by atoms with Gasteiger partial charge in [0.25, 0.3) is 0 Å². The molecule has 4 nitrogen and oxygen atoms in total. The van der Waals surface area contributed by atoms with Gasteiger partial charge >= 0.3 is 0 Å². The fourth-order valence-electron chi connectivity index (χ4n) is 2.60. The van der Waals surface area contributed by atoms with Crippen molar-refractivity contribution in [1.82, 2.24) is 9.97 Å². The lowest BCUT2D eigenvalue weighted by atomic mass is 9.87. The highest BCUT2D eigenvalue weighted by molar-refractivity contribution is 5.36. The Morgan fingerprint density at radius 3 is 2.59 bits per heavy atom. The predicted molar refractivity (Wildman–Crippen MR) is 68.0 cm³/mol. The first-order chi connectivity index (χ1) is 8.13. The summed E-state index contributed by atoms with van der Waals surface area (Å²) >= 11 is 0. The topological polar surface area (TPSA) is 58.0 Å². The monoisotopic (exact) mass is 235 g/mol. The van der Waals surface area contributed by atoms with Crippen molar-refractivity contribution in [3.63, 3.8) is 0 Å². The zero-order chi connectivity index (χ0) is 12.3. The molecule has 0 radical (unpaired) electrons. The average molecular weight is 235 g/mol. The zero-order valence-electron chi connectivity index (χ0n) is 10.7. The molecule has 1 aromatic rings. The van der Waals surface area contributed by atoms with Gasteiger partial charge in [0.1, 0.15) is 11.6 Å². The van der Waals surface area contributed by atoms with Gasteiger partial charge < -0.3 is 10.4 Å². The van der Waals surface area contributed by atoms with Crippen LogP contribution in [0.2, 0.25) is 0 Å². The van der Waals surface area contributed by atoms with Gasteiger partial charge in [-0.3, -0.25) is 0 Å². The summed E-state index contributed by atoms with van der Waals surface area (Å²) in [6.45, 7) is 4.94. The quantitative estimate of drug-likeness (QED) is 0.838. The van der Waals surface area contributed by atoms with E-state index < -0.39 is 0 Å². The molecule has 0 amide bonds. The van der Waals surface area contributed by atoms with E-state index in [2.05, 4.69) is 15.3 Å². The summed E-state index contributed by atoms with van der Waals surface area (Å²) in [6, 6.07) is 1.95. The molecule has 2 rings (SSSR count). The molecular formula is C13H21N3O. The number of nitrogens with zero attached hydrogens (tertiary/aromatic N) is 2. The van der Waals surface area contributed by atoms with Crippen LogP contribution in [0.4, 0.5) is 5.82 Å². The Balaban J connectivity index is 2.01. The number of aryl methyl sites for hydroxylation is 2. The van der Waals surface area contributed by atoms with Crippen LogP contribution in [0.3, 0.4) is 0 Å². The third kappa shape index (κ3) is 2.94. The Morgan fingerprint density at radius 1 is 1.29 bits per heavy atom. The van der Waals surface area contributed by atoms with Crippen molar-refractivity contribution in [2.45, 2.75) is 39.5 Å². The summed E-state index contributed by atoms with van der Waals surface area (Å²) in [6.07, 6.45) is 4.67. The molecule has 94 valence electrons. The zero-order valence-corrected chi connectivity index (χ0v) is 10.7. The fourth-order valence-corrected chi connectivity index (χ4v) is 2.60. The van der Waals surface area contributed by atoms with Gasteiger partial charge in [-0.2, -0.15) is 0 Å². The molecule has 2 N–H and O–H groups in total. The van der Waals surface area contributed by atoms with Gasteiger partial charge in [0.2, 0.25) is 0 Å². The van der Waals surface area contributed by atoms with Crippen molar-refractivity contribution in [3.05, 3.63) is 17.6 Å². The average Bonchev–Trinajstić information content (AvgIpc) is 2.74. The van der Waals surface area contributed by atoms with Crippen molar-refractivity contribution in [1.29, 1.82) is 0 Å². The minimum Gasteiger partial charge on any atom is -0.396 e. The van der Waals surface area contributed by atoms with Gasteiger partial charge in [0.15, 0.2) is 0 Å². The first-order valence-electron chi connectivity index (χ1n) is 6.31. The summed E-state index contributed by atoms with van der Waals surface area (Å²) in [4.78, 5) is 8.61. The van der Waals surface area contributed by atoms with Crippen molar-refractivity contribution >= 4 is 5.82 Å². The maximum absolute atomic E-state index is 9.53. The molecule has 0 bridgehead atoms. The highest BCUT2D eigenvalue weighted by Gasteiger charge is 2.32. The van der Waals surface area contributed by atoms with Crippen LogP contribution in [0.5, 0.6) is 0 Å². The molecule has 1 aromatic heterocycles. The number of nitrogens with one attached hydrogen (secondary N) is 1. The number of aromatic nitrogens is 2. The van der Waals surface area contributed by atoms with E-state index in [0.29, 0.717) is 0 Å². The molecule has 1 heterocycles. The molecular weight excluding hydrogens is 214 g/mol. The standard InChI is InChI=1S/C13H21N3O/c1-10-7-12(16-11(2)15-10)14-8-13(9-17)5-3-4-6-13/h7,17H,3-6,8-9H2,1-2H3,(H,14,15,16). The van der Waals surface area contributed by atoms with Crippen LogP contribution in [-0.2, 0) is 0 Å². The fraction of sp³-hybridized carbons (Fsp3) is 0.692. The van der Waals surface area contributed by atoms with E-state index >= 15 is 0 Å². The van der Waals surface area contributed by atoms with Crippen LogP contribution in [0, 0.1) is 19.3 Å². The SMILES string of the molecule is Cc1cc(NCC2(CO)CCCC2)nc(C)n1. The minimum atomic E-state index is 0.0623. The number of anilines is 1.